The molecule has 0 spiro atoms. The zero-order chi connectivity index (χ0) is 20.2. The lowest BCUT2D eigenvalue weighted by Crippen LogP contribution is -2.46. The lowest BCUT2D eigenvalue weighted by atomic mass is 10.0. The molecule has 0 radical (unpaired) electrons. The third kappa shape index (κ3) is 4.67. The van der Waals surface area contributed by atoms with Crippen LogP contribution in [-0.4, -0.2) is 36.1 Å². The van der Waals surface area contributed by atoms with Gasteiger partial charge in [0.15, 0.2) is 0 Å². The van der Waals surface area contributed by atoms with Crippen LogP contribution < -0.4 is 15.1 Å². The van der Waals surface area contributed by atoms with Crippen molar-refractivity contribution in [2.24, 2.45) is 0 Å². The molecule has 0 unspecified atom stereocenters. The Morgan fingerprint density at radius 1 is 0.828 bits per heavy atom. The van der Waals surface area contributed by atoms with E-state index in [1.807, 2.05) is 6.92 Å². The second kappa shape index (κ2) is 8.52. The molecular formula is C24H29N5. The summed E-state index contributed by atoms with van der Waals surface area (Å²) in [5.41, 5.74) is 3.68. The Morgan fingerprint density at radius 3 is 2.14 bits per heavy atom. The average Bonchev–Trinajstić information content (AvgIpc) is 2.74. The van der Waals surface area contributed by atoms with E-state index in [4.69, 9.17) is 4.98 Å². The maximum atomic E-state index is 4.69. The summed E-state index contributed by atoms with van der Waals surface area (Å²) < 4.78 is 0. The van der Waals surface area contributed by atoms with Crippen LogP contribution in [0.25, 0.3) is 0 Å². The number of rotatable bonds is 5. The highest BCUT2D eigenvalue weighted by molar-refractivity contribution is 5.60. The Morgan fingerprint density at radius 2 is 1.48 bits per heavy atom. The van der Waals surface area contributed by atoms with E-state index < -0.39 is 0 Å². The number of nitrogens with one attached hydrogen (secondary N) is 1. The summed E-state index contributed by atoms with van der Waals surface area (Å²) in [6.07, 6.45) is 0. The number of piperazine rings is 1. The van der Waals surface area contributed by atoms with Crippen LogP contribution in [0, 0.1) is 6.92 Å². The molecule has 1 aliphatic rings. The van der Waals surface area contributed by atoms with E-state index in [-0.39, 0.29) is 0 Å². The predicted octanol–water partition coefficient (Wildman–Crippen LogP) is 4.98. The fourth-order valence-electron chi connectivity index (χ4n) is 3.71. The molecule has 3 aromatic rings. The van der Waals surface area contributed by atoms with Gasteiger partial charge in [0.05, 0.1) is 0 Å². The van der Waals surface area contributed by atoms with Crippen molar-refractivity contribution in [1.29, 1.82) is 0 Å². The minimum absolute atomic E-state index is 0.534. The molecule has 2 aromatic carbocycles. The number of benzene rings is 2. The maximum absolute atomic E-state index is 4.69. The van der Waals surface area contributed by atoms with Crippen molar-refractivity contribution in [2.75, 3.05) is 41.3 Å². The molecule has 1 N–H and O–H groups in total. The third-order valence-corrected chi connectivity index (χ3v) is 5.40. The fourth-order valence-corrected chi connectivity index (χ4v) is 3.71. The van der Waals surface area contributed by atoms with Crippen molar-refractivity contribution in [3.05, 3.63) is 72.1 Å². The molecule has 0 bridgehead atoms. The maximum Gasteiger partial charge on any atom is 0.136 e. The van der Waals surface area contributed by atoms with Crippen molar-refractivity contribution < 1.29 is 0 Å². The molecule has 1 fully saturated rings. The van der Waals surface area contributed by atoms with Gasteiger partial charge in [-0.05, 0) is 42.7 Å². The lowest BCUT2D eigenvalue weighted by molar-refractivity contribution is 0.646. The molecule has 0 aliphatic carbocycles. The van der Waals surface area contributed by atoms with Gasteiger partial charge >= 0.3 is 0 Å². The molecule has 2 heterocycles. The largest absolute Gasteiger partial charge is 0.368 e. The molecule has 5 nitrogen and oxygen atoms in total. The van der Waals surface area contributed by atoms with Crippen LogP contribution in [0.1, 0.15) is 31.2 Å². The second-order valence-electron chi connectivity index (χ2n) is 7.87. The van der Waals surface area contributed by atoms with Crippen LogP contribution in [-0.2, 0) is 0 Å². The Hall–Kier alpha value is -3.08. The van der Waals surface area contributed by atoms with E-state index in [9.17, 15) is 0 Å². The van der Waals surface area contributed by atoms with Crippen LogP contribution in [0.5, 0.6) is 0 Å². The topological polar surface area (TPSA) is 44.3 Å². The summed E-state index contributed by atoms with van der Waals surface area (Å²) in [5.74, 6) is 3.16. The summed E-state index contributed by atoms with van der Waals surface area (Å²) in [4.78, 5) is 14.1. The molecule has 0 saturated carbocycles. The van der Waals surface area contributed by atoms with E-state index in [2.05, 4.69) is 94.6 Å². The molecular weight excluding hydrogens is 358 g/mol. The van der Waals surface area contributed by atoms with Gasteiger partial charge in [0.25, 0.3) is 0 Å². The van der Waals surface area contributed by atoms with Crippen molar-refractivity contribution in [3.63, 3.8) is 0 Å². The van der Waals surface area contributed by atoms with Gasteiger partial charge in [-0.1, -0.05) is 44.2 Å². The van der Waals surface area contributed by atoms with Crippen LogP contribution in [0.2, 0.25) is 0 Å². The van der Waals surface area contributed by atoms with Gasteiger partial charge in [-0.2, -0.15) is 0 Å². The molecule has 5 heteroatoms. The van der Waals surface area contributed by atoms with E-state index in [1.165, 1.54) is 11.3 Å². The Labute approximate surface area is 173 Å². The highest BCUT2D eigenvalue weighted by Crippen LogP contribution is 2.24. The number of anilines is 4. The zero-order valence-electron chi connectivity index (χ0n) is 17.5. The predicted molar refractivity (Wildman–Crippen MR) is 121 cm³/mol. The highest BCUT2D eigenvalue weighted by Gasteiger charge is 2.19. The highest BCUT2D eigenvalue weighted by atomic mass is 15.3. The van der Waals surface area contributed by atoms with Gasteiger partial charge in [-0.25, -0.2) is 9.97 Å². The molecule has 0 amide bonds. The van der Waals surface area contributed by atoms with Crippen molar-refractivity contribution in [1.82, 2.24) is 9.97 Å². The smallest absolute Gasteiger partial charge is 0.136 e. The fraction of sp³-hybridized carbons (Fsp3) is 0.333. The SMILES string of the molecule is Cc1nc(Nc2ccc(C(C)C)cc2)cc(N2CCN(c3ccccc3)CC2)n1. The van der Waals surface area contributed by atoms with Crippen LogP contribution in [0.15, 0.2) is 60.7 Å². The third-order valence-electron chi connectivity index (χ3n) is 5.40. The van der Waals surface area contributed by atoms with Crippen LogP contribution in [0.4, 0.5) is 23.0 Å². The Bertz CT molecular complexity index is 929. The normalized spacial score (nSPS) is 14.3. The zero-order valence-corrected chi connectivity index (χ0v) is 17.5. The molecule has 4 rings (SSSR count). The number of nitrogens with zero attached hydrogens (tertiary/aromatic N) is 4. The van der Waals surface area contributed by atoms with Crippen molar-refractivity contribution in [3.8, 4) is 0 Å². The minimum atomic E-state index is 0.534. The molecule has 1 aliphatic heterocycles. The molecule has 29 heavy (non-hydrogen) atoms. The van der Waals surface area contributed by atoms with E-state index in [1.54, 1.807) is 0 Å². The summed E-state index contributed by atoms with van der Waals surface area (Å²) in [7, 11) is 0. The molecule has 1 saturated heterocycles. The first kappa shape index (κ1) is 19.2. The van der Waals surface area contributed by atoms with E-state index in [0.717, 1.165) is 49.3 Å². The average molecular weight is 388 g/mol. The molecule has 150 valence electrons. The van der Waals surface area contributed by atoms with Gasteiger partial charge in [0.1, 0.15) is 17.5 Å². The van der Waals surface area contributed by atoms with Gasteiger partial charge in [-0.15, -0.1) is 0 Å². The lowest BCUT2D eigenvalue weighted by Gasteiger charge is -2.36. The van der Waals surface area contributed by atoms with Crippen molar-refractivity contribution in [2.45, 2.75) is 26.7 Å². The summed E-state index contributed by atoms with van der Waals surface area (Å²) in [6.45, 7) is 10.3. The number of aromatic nitrogens is 2. The number of hydrogen-bond donors (Lipinski definition) is 1. The van der Waals surface area contributed by atoms with Crippen LogP contribution >= 0.6 is 0 Å². The van der Waals surface area contributed by atoms with E-state index >= 15 is 0 Å². The number of aryl methyl sites for hydroxylation is 1. The standard InChI is InChI=1S/C24H29N5/c1-18(2)20-9-11-21(12-10-20)27-23-17-24(26-19(3)25-23)29-15-13-28(14-16-29)22-7-5-4-6-8-22/h4-12,17-18H,13-16H2,1-3H3,(H,25,26,27). The summed E-state index contributed by atoms with van der Waals surface area (Å²) in [6, 6.07) is 21.2. The molecule has 0 atom stereocenters. The Balaban J connectivity index is 1.44. The van der Waals surface area contributed by atoms with Crippen LogP contribution in [0.3, 0.4) is 0 Å². The van der Waals surface area contributed by atoms with Gasteiger partial charge in [0, 0.05) is 43.6 Å². The number of para-hydroxylation sites is 1. The monoisotopic (exact) mass is 387 g/mol. The first-order valence-electron chi connectivity index (χ1n) is 10.4. The minimum Gasteiger partial charge on any atom is -0.368 e. The first-order valence-corrected chi connectivity index (χ1v) is 10.4. The summed E-state index contributed by atoms with van der Waals surface area (Å²) >= 11 is 0. The first-order chi connectivity index (χ1) is 14.1. The Kier molecular flexibility index (Phi) is 5.65. The molecule has 1 aromatic heterocycles. The number of hydrogen-bond acceptors (Lipinski definition) is 5. The van der Waals surface area contributed by atoms with Gasteiger partial charge < -0.3 is 15.1 Å². The van der Waals surface area contributed by atoms with Gasteiger partial charge in [0.2, 0.25) is 0 Å². The van der Waals surface area contributed by atoms with Crippen molar-refractivity contribution >= 4 is 23.0 Å². The quantitative estimate of drug-likeness (QED) is 0.669. The van der Waals surface area contributed by atoms with E-state index in [0.29, 0.717) is 5.92 Å². The second-order valence-corrected chi connectivity index (χ2v) is 7.87. The summed E-state index contributed by atoms with van der Waals surface area (Å²) in [5, 5.41) is 3.44. The van der Waals surface area contributed by atoms with Gasteiger partial charge in [-0.3, -0.25) is 0 Å².